The van der Waals surface area contributed by atoms with Crippen LogP contribution in [0.1, 0.15) is 12.7 Å². The monoisotopic (exact) mass is 287 g/mol. The molecular formula is C14H21N7. The van der Waals surface area contributed by atoms with E-state index in [1.807, 2.05) is 23.0 Å². The van der Waals surface area contributed by atoms with E-state index in [1.54, 1.807) is 6.33 Å². The summed E-state index contributed by atoms with van der Waals surface area (Å²) in [5.41, 5.74) is 6.77. The third kappa shape index (κ3) is 3.13. The van der Waals surface area contributed by atoms with Crippen LogP contribution < -0.4 is 10.6 Å². The molecule has 112 valence electrons. The fourth-order valence-corrected chi connectivity index (χ4v) is 2.62. The number of hydrogen-bond donors (Lipinski definition) is 1. The molecule has 0 unspecified atom stereocenters. The molecule has 1 aliphatic heterocycles. The Bertz CT molecular complexity index is 569. The molecule has 2 N–H and O–H groups in total. The van der Waals surface area contributed by atoms with E-state index < -0.39 is 0 Å². The number of nitrogen functional groups attached to an aromatic ring is 1. The summed E-state index contributed by atoms with van der Waals surface area (Å²) in [7, 11) is 0. The van der Waals surface area contributed by atoms with Crippen LogP contribution in [0.4, 0.5) is 11.5 Å². The Morgan fingerprint density at radius 2 is 1.95 bits per heavy atom. The summed E-state index contributed by atoms with van der Waals surface area (Å²) in [5.74, 6) is 1.61. The zero-order chi connectivity index (χ0) is 14.7. The Kier molecular flexibility index (Phi) is 4.01. The van der Waals surface area contributed by atoms with Gasteiger partial charge >= 0.3 is 0 Å². The van der Waals surface area contributed by atoms with Crippen molar-refractivity contribution in [3.05, 3.63) is 30.5 Å². The number of hydrogen-bond acceptors (Lipinski definition) is 6. The molecule has 0 saturated carbocycles. The SMILES string of the molecule is CCn1ncnc1CN1CCN(c2ccc(N)nc2)CC1. The van der Waals surface area contributed by atoms with Gasteiger partial charge in [0.25, 0.3) is 0 Å². The van der Waals surface area contributed by atoms with Crippen LogP contribution in [0.15, 0.2) is 24.7 Å². The summed E-state index contributed by atoms with van der Waals surface area (Å²) in [5, 5.41) is 4.22. The van der Waals surface area contributed by atoms with Gasteiger partial charge in [-0.1, -0.05) is 0 Å². The van der Waals surface area contributed by atoms with E-state index in [4.69, 9.17) is 5.73 Å². The van der Waals surface area contributed by atoms with Crippen molar-refractivity contribution in [3.8, 4) is 0 Å². The van der Waals surface area contributed by atoms with Gasteiger partial charge in [0, 0.05) is 32.7 Å². The van der Waals surface area contributed by atoms with Crippen molar-refractivity contribution in [3.63, 3.8) is 0 Å². The molecule has 0 aliphatic carbocycles. The highest BCUT2D eigenvalue weighted by Crippen LogP contribution is 2.16. The summed E-state index contributed by atoms with van der Waals surface area (Å²) in [6.45, 7) is 7.83. The van der Waals surface area contributed by atoms with E-state index in [0.717, 1.165) is 50.8 Å². The van der Waals surface area contributed by atoms with Crippen LogP contribution in [-0.2, 0) is 13.1 Å². The van der Waals surface area contributed by atoms with Crippen molar-refractivity contribution < 1.29 is 0 Å². The van der Waals surface area contributed by atoms with E-state index in [0.29, 0.717) is 5.82 Å². The molecule has 0 amide bonds. The molecule has 1 fully saturated rings. The molecule has 3 heterocycles. The lowest BCUT2D eigenvalue weighted by Crippen LogP contribution is -2.46. The molecule has 0 spiro atoms. The predicted molar refractivity (Wildman–Crippen MR) is 81.8 cm³/mol. The van der Waals surface area contributed by atoms with E-state index in [2.05, 4.69) is 31.8 Å². The molecule has 0 atom stereocenters. The first-order valence-electron chi connectivity index (χ1n) is 7.32. The lowest BCUT2D eigenvalue weighted by atomic mass is 10.2. The average Bonchev–Trinajstić information content (AvgIpc) is 2.96. The van der Waals surface area contributed by atoms with Gasteiger partial charge < -0.3 is 10.6 Å². The fraction of sp³-hybridized carbons (Fsp3) is 0.500. The van der Waals surface area contributed by atoms with Crippen molar-refractivity contribution in [2.24, 2.45) is 0 Å². The second-order valence-electron chi connectivity index (χ2n) is 5.20. The third-order valence-corrected chi connectivity index (χ3v) is 3.87. The molecule has 0 radical (unpaired) electrons. The molecule has 2 aromatic heterocycles. The first-order chi connectivity index (χ1) is 10.3. The molecule has 0 bridgehead atoms. The van der Waals surface area contributed by atoms with Gasteiger partial charge in [-0.05, 0) is 19.1 Å². The van der Waals surface area contributed by atoms with Gasteiger partial charge in [-0.15, -0.1) is 0 Å². The number of aromatic nitrogens is 4. The van der Waals surface area contributed by atoms with Crippen LogP contribution in [0.3, 0.4) is 0 Å². The number of piperazine rings is 1. The molecule has 0 aromatic carbocycles. The van der Waals surface area contributed by atoms with Crippen molar-refractivity contribution in [1.82, 2.24) is 24.6 Å². The second-order valence-corrected chi connectivity index (χ2v) is 5.20. The van der Waals surface area contributed by atoms with Gasteiger partial charge in [0.2, 0.25) is 0 Å². The molecule has 1 saturated heterocycles. The average molecular weight is 287 g/mol. The normalized spacial score (nSPS) is 16.3. The molecular weight excluding hydrogens is 266 g/mol. The van der Waals surface area contributed by atoms with E-state index >= 15 is 0 Å². The highest BCUT2D eigenvalue weighted by Gasteiger charge is 2.19. The van der Waals surface area contributed by atoms with E-state index in [9.17, 15) is 0 Å². The standard InChI is InChI=1S/C14H21N7/c1-2-21-14(17-11-18-21)10-19-5-7-20(8-6-19)12-3-4-13(15)16-9-12/h3-4,9,11H,2,5-8,10H2,1H3,(H2,15,16). The van der Waals surface area contributed by atoms with Gasteiger partial charge in [-0.3, -0.25) is 4.90 Å². The minimum Gasteiger partial charge on any atom is -0.384 e. The Morgan fingerprint density at radius 1 is 1.14 bits per heavy atom. The third-order valence-electron chi connectivity index (χ3n) is 3.87. The van der Waals surface area contributed by atoms with Gasteiger partial charge in [0.05, 0.1) is 18.4 Å². The van der Waals surface area contributed by atoms with E-state index in [1.165, 1.54) is 0 Å². The van der Waals surface area contributed by atoms with Crippen molar-refractivity contribution in [2.75, 3.05) is 36.8 Å². The summed E-state index contributed by atoms with van der Waals surface area (Å²) in [6, 6.07) is 3.89. The summed E-state index contributed by atoms with van der Waals surface area (Å²) in [4.78, 5) is 13.3. The fourth-order valence-electron chi connectivity index (χ4n) is 2.62. The molecule has 7 nitrogen and oxygen atoms in total. The van der Waals surface area contributed by atoms with Crippen molar-refractivity contribution >= 4 is 11.5 Å². The first-order valence-corrected chi connectivity index (χ1v) is 7.32. The van der Waals surface area contributed by atoms with Crippen LogP contribution in [0.2, 0.25) is 0 Å². The summed E-state index contributed by atoms with van der Waals surface area (Å²) < 4.78 is 1.95. The predicted octanol–water partition coefficient (Wildman–Crippen LogP) is 0.597. The Hall–Kier alpha value is -2.15. The number of nitrogens with zero attached hydrogens (tertiary/aromatic N) is 6. The number of anilines is 2. The lowest BCUT2D eigenvalue weighted by Gasteiger charge is -2.35. The van der Waals surface area contributed by atoms with Crippen LogP contribution >= 0.6 is 0 Å². The number of rotatable bonds is 4. The maximum absolute atomic E-state index is 5.63. The molecule has 1 aliphatic rings. The highest BCUT2D eigenvalue weighted by atomic mass is 15.4. The van der Waals surface area contributed by atoms with Gasteiger partial charge in [-0.25, -0.2) is 14.6 Å². The van der Waals surface area contributed by atoms with Crippen LogP contribution in [0, 0.1) is 0 Å². The molecule has 3 rings (SSSR count). The zero-order valence-corrected chi connectivity index (χ0v) is 12.3. The maximum Gasteiger partial charge on any atom is 0.140 e. The Labute approximate surface area is 124 Å². The number of aryl methyl sites for hydroxylation is 1. The number of pyridine rings is 1. The minimum atomic E-state index is 0.566. The lowest BCUT2D eigenvalue weighted by molar-refractivity contribution is 0.239. The van der Waals surface area contributed by atoms with Gasteiger partial charge in [0.15, 0.2) is 0 Å². The quantitative estimate of drug-likeness (QED) is 0.887. The van der Waals surface area contributed by atoms with Gasteiger partial charge in [-0.2, -0.15) is 5.10 Å². The summed E-state index contributed by atoms with van der Waals surface area (Å²) >= 11 is 0. The van der Waals surface area contributed by atoms with Crippen molar-refractivity contribution in [1.29, 1.82) is 0 Å². The molecule has 7 heteroatoms. The maximum atomic E-state index is 5.63. The summed E-state index contributed by atoms with van der Waals surface area (Å²) in [6.07, 6.45) is 3.48. The minimum absolute atomic E-state index is 0.566. The highest BCUT2D eigenvalue weighted by molar-refractivity contribution is 5.48. The van der Waals surface area contributed by atoms with Crippen LogP contribution in [0.5, 0.6) is 0 Å². The van der Waals surface area contributed by atoms with Gasteiger partial charge in [0.1, 0.15) is 18.0 Å². The zero-order valence-electron chi connectivity index (χ0n) is 12.3. The first kappa shape index (κ1) is 13.8. The van der Waals surface area contributed by atoms with Crippen LogP contribution in [0.25, 0.3) is 0 Å². The van der Waals surface area contributed by atoms with E-state index in [-0.39, 0.29) is 0 Å². The second kappa shape index (κ2) is 6.09. The molecule has 2 aromatic rings. The topological polar surface area (TPSA) is 76.1 Å². The smallest absolute Gasteiger partial charge is 0.140 e. The van der Waals surface area contributed by atoms with Crippen LogP contribution in [-0.4, -0.2) is 50.8 Å². The Balaban J connectivity index is 1.56. The number of nitrogens with two attached hydrogens (primary N) is 1. The largest absolute Gasteiger partial charge is 0.384 e. The van der Waals surface area contributed by atoms with Crippen molar-refractivity contribution in [2.45, 2.75) is 20.0 Å². The molecule has 21 heavy (non-hydrogen) atoms. The Morgan fingerprint density at radius 3 is 2.62 bits per heavy atom.